The number of fused-ring (bicyclic) bond motifs is 5. The molecule has 0 radical (unpaired) electrons. The number of aliphatic hydroxyl groups excluding tert-OH is 1. The maximum atomic E-state index is 12.3. The first-order valence-electron chi connectivity index (χ1n) is 8.87. The average molecular weight is 288 g/mol. The molecule has 0 saturated heterocycles. The van der Waals surface area contributed by atoms with Crippen LogP contribution >= 0.6 is 0 Å². The predicted octanol–water partition coefficient (Wildman–Crippen LogP) is 3.88. The van der Waals surface area contributed by atoms with E-state index in [0.29, 0.717) is 29.0 Å². The second-order valence-electron chi connectivity index (χ2n) is 8.58. The molecule has 2 nitrogen and oxygen atoms in total. The van der Waals surface area contributed by atoms with Crippen molar-refractivity contribution < 1.29 is 9.90 Å². The van der Waals surface area contributed by atoms with Crippen LogP contribution in [0.4, 0.5) is 0 Å². The van der Waals surface area contributed by atoms with Gasteiger partial charge in [0.1, 0.15) is 5.78 Å². The minimum atomic E-state index is -0.0814. The number of carbonyl (C=O) groups is 1. The highest BCUT2D eigenvalue weighted by molar-refractivity contribution is 5.87. The topological polar surface area (TPSA) is 37.3 Å². The Morgan fingerprint density at radius 1 is 1.14 bits per heavy atom. The van der Waals surface area contributed by atoms with E-state index in [1.54, 1.807) is 5.57 Å². The van der Waals surface area contributed by atoms with E-state index < -0.39 is 0 Å². The van der Waals surface area contributed by atoms with E-state index in [9.17, 15) is 9.90 Å². The third-order valence-corrected chi connectivity index (χ3v) is 7.71. The molecular formula is C19H28O2. The second-order valence-corrected chi connectivity index (χ2v) is 8.58. The van der Waals surface area contributed by atoms with Gasteiger partial charge < -0.3 is 5.11 Å². The molecule has 0 heterocycles. The summed E-state index contributed by atoms with van der Waals surface area (Å²) < 4.78 is 0. The van der Waals surface area contributed by atoms with Crippen LogP contribution in [0.15, 0.2) is 11.6 Å². The molecule has 21 heavy (non-hydrogen) atoms. The third-order valence-electron chi connectivity index (χ3n) is 7.71. The van der Waals surface area contributed by atoms with E-state index in [4.69, 9.17) is 0 Å². The summed E-state index contributed by atoms with van der Waals surface area (Å²) in [5.41, 5.74) is 1.91. The molecule has 0 amide bonds. The van der Waals surface area contributed by atoms with Gasteiger partial charge in [-0.2, -0.15) is 0 Å². The first kappa shape index (κ1) is 14.0. The standard InChI is InChI=1S/C19H28O2/c1-18-9-7-13(20)11-12(18)3-4-14-15-5-6-17(21)19(15,2)10-8-16(14)18/h8,12-15,20H,3-7,9-11H2,1-2H3/t12-,13?,14?,15?,18+,19+/m1/s1. The monoisotopic (exact) mass is 288 g/mol. The Labute approximate surface area is 128 Å². The van der Waals surface area contributed by atoms with Crippen molar-refractivity contribution in [3.05, 3.63) is 11.6 Å². The van der Waals surface area contributed by atoms with Gasteiger partial charge in [-0.05, 0) is 68.1 Å². The largest absolute Gasteiger partial charge is 0.393 e. The number of rotatable bonds is 0. The van der Waals surface area contributed by atoms with Gasteiger partial charge in [0.05, 0.1) is 6.10 Å². The number of hydrogen-bond donors (Lipinski definition) is 1. The van der Waals surface area contributed by atoms with Crippen LogP contribution < -0.4 is 0 Å². The lowest BCUT2D eigenvalue weighted by atomic mass is 9.49. The van der Waals surface area contributed by atoms with Crippen molar-refractivity contribution in [1.29, 1.82) is 0 Å². The number of carbonyl (C=O) groups excluding carboxylic acids is 1. The van der Waals surface area contributed by atoms with Gasteiger partial charge >= 0.3 is 0 Å². The minimum absolute atomic E-state index is 0.0639. The summed E-state index contributed by atoms with van der Waals surface area (Å²) in [7, 11) is 0. The lowest BCUT2D eigenvalue weighted by molar-refractivity contribution is -0.127. The molecular weight excluding hydrogens is 260 g/mol. The summed E-state index contributed by atoms with van der Waals surface area (Å²) in [4.78, 5) is 12.3. The molecule has 3 saturated carbocycles. The molecule has 6 atom stereocenters. The fraction of sp³-hybridized carbons (Fsp3) is 0.842. The van der Waals surface area contributed by atoms with Crippen molar-refractivity contribution in [3.63, 3.8) is 0 Å². The van der Waals surface area contributed by atoms with Crippen molar-refractivity contribution >= 4 is 5.78 Å². The molecule has 3 fully saturated rings. The number of allylic oxidation sites excluding steroid dienone is 2. The van der Waals surface area contributed by atoms with Crippen LogP contribution in [0.5, 0.6) is 0 Å². The molecule has 1 N–H and O–H groups in total. The van der Waals surface area contributed by atoms with E-state index in [0.717, 1.165) is 38.5 Å². The van der Waals surface area contributed by atoms with Gasteiger partial charge in [0.25, 0.3) is 0 Å². The zero-order valence-electron chi connectivity index (χ0n) is 13.4. The molecule has 4 rings (SSSR count). The molecule has 0 spiro atoms. The highest BCUT2D eigenvalue weighted by Crippen LogP contribution is 2.63. The molecule has 0 bridgehead atoms. The summed E-state index contributed by atoms with van der Waals surface area (Å²) in [5.74, 6) is 2.40. The molecule has 0 aromatic heterocycles. The zero-order valence-corrected chi connectivity index (χ0v) is 13.4. The summed E-state index contributed by atoms with van der Waals surface area (Å²) in [6, 6.07) is 0. The van der Waals surface area contributed by atoms with Crippen LogP contribution in [0.1, 0.15) is 65.2 Å². The van der Waals surface area contributed by atoms with Gasteiger partial charge in [-0.1, -0.05) is 25.5 Å². The summed E-state index contributed by atoms with van der Waals surface area (Å²) >= 11 is 0. The van der Waals surface area contributed by atoms with Crippen molar-refractivity contribution in [1.82, 2.24) is 0 Å². The van der Waals surface area contributed by atoms with Crippen LogP contribution in [0.3, 0.4) is 0 Å². The summed E-state index contributed by atoms with van der Waals surface area (Å²) in [6.45, 7) is 4.67. The van der Waals surface area contributed by atoms with Gasteiger partial charge in [-0.3, -0.25) is 4.79 Å². The molecule has 4 aliphatic carbocycles. The predicted molar refractivity (Wildman–Crippen MR) is 82.7 cm³/mol. The SMILES string of the molecule is C[C@]12CC=C3C(CC[C@@H]4CC(O)CC[C@]34C)C1CCC2=O. The van der Waals surface area contributed by atoms with Crippen LogP contribution in [0, 0.1) is 28.6 Å². The van der Waals surface area contributed by atoms with Crippen LogP contribution in [0.25, 0.3) is 0 Å². The van der Waals surface area contributed by atoms with Crippen molar-refractivity contribution in [2.75, 3.05) is 0 Å². The summed E-state index contributed by atoms with van der Waals surface area (Å²) in [6.07, 6.45) is 10.8. The second kappa shape index (κ2) is 4.44. The fourth-order valence-electron chi connectivity index (χ4n) is 6.29. The van der Waals surface area contributed by atoms with Crippen LogP contribution in [-0.4, -0.2) is 17.0 Å². The van der Waals surface area contributed by atoms with Crippen molar-refractivity contribution in [2.24, 2.45) is 28.6 Å². The Balaban J connectivity index is 1.71. The lowest BCUT2D eigenvalue weighted by Gasteiger charge is -2.55. The smallest absolute Gasteiger partial charge is 0.139 e. The van der Waals surface area contributed by atoms with E-state index >= 15 is 0 Å². The van der Waals surface area contributed by atoms with Gasteiger partial charge in [0.15, 0.2) is 0 Å². The molecule has 0 aliphatic heterocycles. The molecule has 0 aromatic rings. The minimum Gasteiger partial charge on any atom is -0.393 e. The average Bonchev–Trinajstić information content (AvgIpc) is 2.76. The molecule has 4 aliphatic rings. The zero-order chi connectivity index (χ0) is 14.8. The van der Waals surface area contributed by atoms with E-state index in [-0.39, 0.29) is 11.5 Å². The Hall–Kier alpha value is -0.630. The number of ketones is 1. The van der Waals surface area contributed by atoms with Gasteiger partial charge in [-0.15, -0.1) is 0 Å². The highest BCUT2D eigenvalue weighted by Gasteiger charge is 2.56. The summed E-state index contributed by atoms with van der Waals surface area (Å²) in [5, 5.41) is 10.0. The van der Waals surface area contributed by atoms with Gasteiger partial charge in [0, 0.05) is 11.8 Å². The molecule has 3 unspecified atom stereocenters. The third kappa shape index (κ3) is 1.78. The molecule has 116 valence electrons. The van der Waals surface area contributed by atoms with Crippen LogP contribution in [0.2, 0.25) is 0 Å². The normalized spacial score (nSPS) is 52.7. The number of hydrogen-bond acceptors (Lipinski definition) is 2. The van der Waals surface area contributed by atoms with Gasteiger partial charge in [0.2, 0.25) is 0 Å². The van der Waals surface area contributed by atoms with E-state index in [2.05, 4.69) is 19.9 Å². The van der Waals surface area contributed by atoms with Crippen molar-refractivity contribution in [3.8, 4) is 0 Å². The van der Waals surface area contributed by atoms with E-state index in [1.165, 1.54) is 12.8 Å². The van der Waals surface area contributed by atoms with E-state index in [1.807, 2.05) is 0 Å². The first-order valence-corrected chi connectivity index (χ1v) is 8.87. The molecule has 2 heteroatoms. The Morgan fingerprint density at radius 3 is 2.76 bits per heavy atom. The number of aliphatic hydroxyl groups is 1. The van der Waals surface area contributed by atoms with Gasteiger partial charge in [-0.25, -0.2) is 0 Å². The fourth-order valence-corrected chi connectivity index (χ4v) is 6.29. The van der Waals surface area contributed by atoms with Crippen LogP contribution in [-0.2, 0) is 4.79 Å². The maximum absolute atomic E-state index is 12.3. The first-order chi connectivity index (χ1) is 9.95. The number of Topliss-reactive ketones (excluding diaryl/α,β-unsaturated/α-hetero) is 1. The quantitative estimate of drug-likeness (QED) is 0.687. The molecule has 0 aromatic carbocycles. The Bertz CT molecular complexity index is 508. The Kier molecular flexibility index (Phi) is 2.96. The highest BCUT2D eigenvalue weighted by atomic mass is 16.3. The maximum Gasteiger partial charge on any atom is 0.139 e. The van der Waals surface area contributed by atoms with Crippen molar-refractivity contribution in [2.45, 2.75) is 71.3 Å². The lowest BCUT2D eigenvalue weighted by Crippen LogP contribution is -2.48. The Morgan fingerprint density at radius 2 is 1.95 bits per heavy atom.